The maximum atomic E-state index is 13.0. The van der Waals surface area contributed by atoms with Crippen LogP contribution in [0.3, 0.4) is 0 Å². The maximum absolute atomic E-state index is 13.0. The molecule has 1 fully saturated rings. The summed E-state index contributed by atoms with van der Waals surface area (Å²) in [4.78, 5) is 29.7. The lowest BCUT2D eigenvalue weighted by atomic mass is 9.79. The summed E-state index contributed by atoms with van der Waals surface area (Å²) in [5.74, 6) is 0.930. The number of likely N-dealkylation sites (tertiary alicyclic amines) is 1. The number of amides is 2. The molecule has 0 bridgehead atoms. The number of hydrogen-bond acceptors (Lipinski definition) is 3. The molecule has 0 radical (unpaired) electrons. The quantitative estimate of drug-likeness (QED) is 0.825. The number of rotatable bonds is 4. The molecule has 2 aliphatic rings. The van der Waals surface area contributed by atoms with Crippen molar-refractivity contribution < 1.29 is 14.0 Å². The third-order valence-corrected chi connectivity index (χ3v) is 6.59. The van der Waals surface area contributed by atoms with Crippen LogP contribution in [0.15, 0.2) is 10.7 Å². The zero-order chi connectivity index (χ0) is 19.1. The Bertz CT molecular complexity index is 689. The molecular formula is C21H32N2O3. The highest BCUT2D eigenvalue weighted by Gasteiger charge is 2.38. The Kier molecular flexibility index (Phi) is 5.18. The van der Waals surface area contributed by atoms with E-state index in [0.29, 0.717) is 12.3 Å². The van der Waals surface area contributed by atoms with Gasteiger partial charge in [-0.2, -0.15) is 0 Å². The molecule has 1 aliphatic carbocycles. The molecule has 0 spiro atoms. The fourth-order valence-electron chi connectivity index (χ4n) is 3.97. The van der Waals surface area contributed by atoms with Gasteiger partial charge in [-0.15, -0.1) is 0 Å². The number of carbonyl (C=O) groups excluding carboxylic acids is 2. The van der Waals surface area contributed by atoms with Crippen molar-refractivity contribution in [1.29, 1.82) is 0 Å². The highest BCUT2D eigenvalue weighted by atomic mass is 16.3. The molecule has 1 atom stereocenters. The Hall–Kier alpha value is -1.78. The lowest BCUT2D eigenvalue weighted by molar-refractivity contribution is -0.144. The van der Waals surface area contributed by atoms with Gasteiger partial charge in [-0.3, -0.25) is 9.59 Å². The third-order valence-electron chi connectivity index (χ3n) is 6.59. The van der Waals surface area contributed by atoms with Crippen LogP contribution in [0.25, 0.3) is 0 Å². The fraction of sp³-hybridized carbons (Fsp3) is 0.714. The van der Waals surface area contributed by atoms with Crippen molar-refractivity contribution >= 4 is 11.8 Å². The fourth-order valence-corrected chi connectivity index (χ4v) is 3.97. The molecule has 2 amide bonds. The maximum Gasteiger partial charge on any atom is 0.289 e. The van der Waals surface area contributed by atoms with E-state index in [1.165, 1.54) is 5.56 Å². The molecule has 144 valence electrons. The van der Waals surface area contributed by atoms with E-state index in [0.717, 1.165) is 44.2 Å². The van der Waals surface area contributed by atoms with Gasteiger partial charge < -0.3 is 14.2 Å². The number of fused-ring (bicyclic) bond motifs is 1. The lowest BCUT2D eigenvalue weighted by Gasteiger charge is -2.41. The van der Waals surface area contributed by atoms with Crippen LogP contribution in [0.1, 0.15) is 68.6 Å². The molecule has 1 aromatic heterocycles. The topological polar surface area (TPSA) is 53.8 Å². The van der Waals surface area contributed by atoms with E-state index >= 15 is 0 Å². The number of hydrogen-bond donors (Lipinski definition) is 0. The SMILES string of the molecule is CC(C)C(C)(C)C(=O)N1CCCC(N(C)C(=O)c2occ3c2CCC3)C1. The van der Waals surface area contributed by atoms with Gasteiger partial charge in [0.25, 0.3) is 5.91 Å². The van der Waals surface area contributed by atoms with Crippen molar-refractivity contribution in [2.24, 2.45) is 11.3 Å². The highest BCUT2D eigenvalue weighted by Crippen LogP contribution is 2.31. The molecule has 5 nitrogen and oxygen atoms in total. The summed E-state index contributed by atoms with van der Waals surface area (Å²) in [7, 11) is 1.85. The van der Waals surface area contributed by atoms with Gasteiger partial charge in [0, 0.05) is 37.2 Å². The number of carbonyl (C=O) groups is 2. The third kappa shape index (κ3) is 3.28. The lowest BCUT2D eigenvalue weighted by Crippen LogP contribution is -2.53. The summed E-state index contributed by atoms with van der Waals surface area (Å²) in [6.45, 7) is 9.61. The van der Waals surface area contributed by atoms with Crippen LogP contribution >= 0.6 is 0 Å². The second-order valence-corrected chi connectivity index (χ2v) is 8.76. The summed E-state index contributed by atoms with van der Waals surface area (Å²) in [5.41, 5.74) is 1.89. The smallest absolute Gasteiger partial charge is 0.289 e. The van der Waals surface area contributed by atoms with E-state index in [-0.39, 0.29) is 29.2 Å². The molecule has 3 rings (SSSR count). The monoisotopic (exact) mass is 360 g/mol. The first-order valence-electron chi connectivity index (χ1n) is 9.89. The zero-order valence-corrected chi connectivity index (χ0v) is 16.8. The molecule has 5 heteroatoms. The number of furan rings is 1. The predicted molar refractivity (Wildman–Crippen MR) is 101 cm³/mol. The van der Waals surface area contributed by atoms with Crippen LogP contribution in [-0.4, -0.2) is 47.8 Å². The molecule has 0 saturated carbocycles. The van der Waals surface area contributed by atoms with Crippen LogP contribution in [-0.2, 0) is 17.6 Å². The van der Waals surface area contributed by atoms with Crippen molar-refractivity contribution in [3.8, 4) is 0 Å². The summed E-state index contributed by atoms with van der Waals surface area (Å²) in [6, 6.07) is 0.0466. The van der Waals surface area contributed by atoms with Gasteiger partial charge in [0.15, 0.2) is 5.76 Å². The minimum Gasteiger partial charge on any atom is -0.459 e. The van der Waals surface area contributed by atoms with Gasteiger partial charge in [0.05, 0.1) is 6.26 Å². The first-order chi connectivity index (χ1) is 12.2. The largest absolute Gasteiger partial charge is 0.459 e. The number of likely N-dealkylation sites (N-methyl/N-ethyl adjacent to an activating group) is 1. The minimum atomic E-state index is -0.383. The van der Waals surface area contributed by atoms with E-state index in [4.69, 9.17) is 4.42 Å². The van der Waals surface area contributed by atoms with E-state index in [9.17, 15) is 9.59 Å². The minimum absolute atomic E-state index is 0.0458. The van der Waals surface area contributed by atoms with Crippen molar-refractivity contribution in [1.82, 2.24) is 9.80 Å². The molecule has 1 aromatic rings. The Morgan fingerprint density at radius 3 is 2.69 bits per heavy atom. The summed E-state index contributed by atoms with van der Waals surface area (Å²) < 4.78 is 5.60. The molecule has 1 aliphatic heterocycles. The van der Waals surface area contributed by atoms with Crippen LogP contribution in [0.2, 0.25) is 0 Å². The molecule has 1 unspecified atom stereocenters. The van der Waals surface area contributed by atoms with Gasteiger partial charge >= 0.3 is 0 Å². The van der Waals surface area contributed by atoms with Gasteiger partial charge in [0.2, 0.25) is 5.91 Å². The van der Waals surface area contributed by atoms with E-state index in [2.05, 4.69) is 13.8 Å². The Morgan fingerprint density at radius 2 is 2.00 bits per heavy atom. The first-order valence-corrected chi connectivity index (χ1v) is 9.89. The Morgan fingerprint density at radius 1 is 1.27 bits per heavy atom. The van der Waals surface area contributed by atoms with Crippen LogP contribution in [0.4, 0.5) is 0 Å². The van der Waals surface area contributed by atoms with Crippen molar-refractivity contribution in [3.63, 3.8) is 0 Å². The van der Waals surface area contributed by atoms with Crippen molar-refractivity contribution in [3.05, 3.63) is 23.2 Å². The number of nitrogens with zero attached hydrogens (tertiary/aromatic N) is 2. The molecular weight excluding hydrogens is 328 g/mol. The van der Waals surface area contributed by atoms with Gasteiger partial charge in [0.1, 0.15) is 0 Å². The first kappa shape index (κ1) is 19.0. The average molecular weight is 360 g/mol. The second-order valence-electron chi connectivity index (χ2n) is 8.76. The number of aryl methyl sites for hydroxylation is 1. The van der Waals surface area contributed by atoms with Crippen LogP contribution in [0.5, 0.6) is 0 Å². The van der Waals surface area contributed by atoms with Gasteiger partial charge in [-0.25, -0.2) is 0 Å². The highest BCUT2D eigenvalue weighted by molar-refractivity contribution is 5.93. The van der Waals surface area contributed by atoms with Crippen LogP contribution < -0.4 is 0 Å². The molecule has 26 heavy (non-hydrogen) atoms. The molecule has 0 aromatic carbocycles. The zero-order valence-electron chi connectivity index (χ0n) is 16.8. The van der Waals surface area contributed by atoms with Crippen molar-refractivity contribution in [2.45, 2.75) is 65.8 Å². The Balaban J connectivity index is 1.71. The average Bonchev–Trinajstić information content (AvgIpc) is 3.23. The molecule has 1 saturated heterocycles. The van der Waals surface area contributed by atoms with Crippen LogP contribution in [0, 0.1) is 11.3 Å². The van der Waals surface area contributed by atoms with Gasteiger partial charge in [-0.1, -0.05) is 27.7 Å². The summed E-state index contributed by atoms with van der Waals surface area (Å²) in [5, 5.41) is 0. The second kappa shape index (κ2) is 7.09. The Labute approximate surface area is 156 Å². The van der Waals surface area contributed by atoms with E-state index < -0.39 is 0 Å². The summed E-state index contributed by atoms with van der Waals surface area (Å²) in [6.07, 6.45) is 6.63. The van der Waals surface area contributed by atoms with Crippen molar-refractivity contribution in [2.75, 3.05) is 20.1 Å². The van der Waals surface area contributed by atoms with Gasteiger partial charge in [-0.05, 0) is 43.6 Å². The van der Waals surface area contributed by atoms with E-state index in [1.54, 1.807) is 11.2 Å². The predicted octanol–water partition coefficient (Wildman–Crippen LogP) is 3.51. The summed E-state index contributed by atoms with van der Waals surface area (Å²) >= 11 is 0. The molecule has 0 N–H and O–H groups in total. The number of piperidine rings is 1. The normalized spacial score (nSPS) is 20.4. The molecule has 2 heterocycles. The van der Waals surface area contributed by atoms with E-state index in [1.807, 2.05) is 25.8 Å². The standard InChI is InChI=1S/C21H32N2O3/c1-14(2)21(3,4)20(25)23-11-7-9-16(12-23)22(5)19(24)18-17-10-6-8-15(17)13-26-18/h13-14,16H,6-12H2,1-5H3.